The van der Waals surface area contributed by atoms with Crippen LogP contribution in [0.5, 0.6) is 17.2 Å². The standard InChI is InChI=1S/C12H13BrN4O3.C8H7BrN4O.C8H6BrNO/c1-3-20-11(18)7-17-15-12(14-16-17)9-6-8(13)4-5-10(9)19-2;1-14-7-3-2-5(9)4-6(7)8-10-12-13-11-8;1-11-8-3-2-7(9)4-6(8)5-10/h4-6H,3,7H2,1-2H3;2-4H,1H3,(H,10,11,12,13);2-4H,1H3. The fourth-order valence-corrected chi connectivity index (χ4v) is 4.58. The van der Waals surface area contributed by atoms with Crippen LogP contribution in [0.2, 0.25) is 0 Å². The number of esters is 1. The molecule has 14 nitrogen and oxygen atoms in total. The maximum absolute atomic E-state index is 11.4. The number of nitrogens with zero attached hydrogens (tertiary/aromatic N) is 8. The van der Waals surface area contributed by atoms with E-state index in [2.05, 4.69) is 83.8 Å². The summed E-state index contributed by atoms with van der Waals surface area (Å²) >= 11 is 10.0. The number of benzene rings is 3. The molecule has 0 radical (unpaired) electrons. The van der Waals surface area contributed by atoms with Gasteiger partial charge in [0.2, 0.25) is 11.6 Å². The van der Waals surface area contributed by atoms with Gasteiger partial charge in [-0.2, -0.15) is 15.3 Å². The van der Waals surface area contributed by atoms with Crippen molar-refractivity contribution in [3.05, 3.63) is 73.6 Å². The lowest BCUT2D eigenvalue weighted by Crippen LogP contribution is -2.15. The lowest BCUT2D eigenvalue weighted by atomic mass is 10.2. The number of halogens is 3. The summed E-state index contributed by atoms with van der Waals surface area (Å²) in [6.45, 7) is 1.99. The second-order valence-corrected chi connectivity index (χ2v) is 11.1. The van der Waals surface area contributed by atoms with Crippen molar-refractivity contribution in [1.82, 2.24) is 40.8 Å². The van der Waals surface area contributed by atoms with Gasteiger partial charge in [-0.3, -0.25) is 0 Å². The molecule has 0 aliphatic carbocycles. The average molecular weight is 808 g/mol. The van der Waals surface area contributed by atoms with Gasteiger partial charge in [-0.05, 0) is 71.9 Å². The van der Waals surface area contributed by atoms with Gasteiger partial charge >= 0.3 is 5.97 Å². The normalized spacial score (nSPS) is 9.91. The first-order valence-electron chi connectivity index (χ1n) is 12.8. The Morgan fingerprint density at radius 3 is 1.91 bits per heavy atom. The van der Waals surface area contributed by atoms with Gasteiger partial charge < -0.3 is 18.9 Å². The quantitative estimate of drug-likeness (QED) is 0.191. The number of carbonyl (C=O) groups is 1. The highest BCUT2D eigenvalue weighted by Gasteiger charge is 2.14. The Bertz CT molecular complexity index is 1740. The van der Waals surface area contributed by atoms with Crippen LogP contribution >= 0.6 is 47.8 Å². The monoisotopic (exact) mass is 805 g/mol. The highest BCUT2D eigenvalue weighted by Crippen LogP contribution is 2.31. The van der Waals surface area contributed by atoms with E-state index in [4.69, 9.17) is 24.2 Å². The van der Waals surface area contributed by atoms with Crippen molar-refractivity contribution >= 4 is 53.8 Å². The van der Waals surface area contributed by atoms with Crippen LogP contribution < -0.4 is 14.2 Å². The summed E-state index contributed by atoms with van der Waals surface area (Å²) in [5.41, 5.74) is 2.04. The number of H-pyrrole nitrogens is 1. The fourth-order valence-electron chi connectivity index (χ4n) is 3.49. The maximum atomic E-state index is 11.4. The zero-order chi connectivity index (χ0) is 32.8. The van der Waals surface area contributed by atoms with E-state index in [0.717, 1.165) is 24.7 Å². The summed E-state index contributed by atoms with van der Waals surface area (Å²) in [7, 11) is 4.71. The number of nitrogens with one attached hydrogen (secondary N) is 1. The van der Waals surface area contributed by atoms with Crippen molar-refractivity contribution < 1.29 is 23.7 Å². The average Bonchev–Trinajstić information content (AvgIpc) is 3.75. The molecule has 0 saturated heterocycles. The predicted octanol–water partition coefficient (Wildman–Crippen LogP) is 5.64. The van der Waals surface area contributed by atoms with E-state index in [1.165, 1.54) is 4.80 Å². The molecule has 17 heteroatoms. The smallest absolute Gasteiger partial charge is 0.329 e. The molecule has 0 unspecified atom stereocenters. The number of methoxy groups -OCH3 is 3. The Balaban J connectivity index is 0.000000194. The van der Waals surface area contributed by atoms with Gasteiger partial charge in [-0.15, -0.1) is 20.4 Å². The van der Waals surface area contributed by atoms with Crippen LogP contribution in [0.3, 0.4) is 0 Å². The molecule has 0 aliphatic rings. The molecule has 0 saturated carbocycles. The van der Waals surface area contributed by atoms with Gasteiger partial charge in [0.15, 0.2) is 6.54 Å². The van der Waals surface area contributed by atoms with Crippen LogP contribution in [0.1, 0.15) is 12.5 Å². The molecule has 3 aromatic carbocycles. The highest BCUT2D eigenvalue weighted by molar-refractivity contribution is 9.11. The topological polar surface area (TPSA) is 176 Å². The van der Waals surface area contributed by atoms with E-state index in [-0.39, 0.29) is 6.54 Å². The predicted molar refractivity (Wildman–Crippen MR) is 173 cm³/mol. The molecule has 0 fully saturated rings. The van der Waals surface area contributed by atoms with Gasteiger partial charge in [0.1, 0.15) is 23.3 Å². The number of nitriles is 1. The van der Waals surface area contributed by atoms with Crippen molar-refractivity contribution in [3.63, 3.8) is 0 Å². The summed E-state index contributed by atoms with van der Waals surface area (Å²) in [5, 5.41) is 34.2. The third kappa shape index (κ3) is 10.3. The van der Waals surface area contributed by atoms with Crippen LogP contribution in [0, 0.1) is 11.3 Å². The minimum Gasteiger partial charge on any atom is -0.496 e. The molecule has 5 aromatic rings. The van der Waals surface area contributed by atoms with Crippen LogP contribution in [-0.4, -0.2) is 74.7 Å². The van der Waals surface area contributed by atoms with Crippen molar-refractivity contribution in [2.24, 2.45) is 0 Å². The van der Waals surface area contributed by atoms with Crippen molar-refractivity contribution in [2.75, 3.05) is 27.9 Å². The van der Waals surface area contributed by atoms with E-state index >= 15 is 0 Å². The van der Waals surface area contributed by atoms with Crippen molar-refractivity contribution in [2.45, 2.75) is 13.5 Å². The van der Waals surface area contributed by atoms with E-state index in [9.17, 15) is 4.79 Å². The van der Waals surface area contributed by atoms with Gasteiger partial charge in [-0.25, -0.2) is 4.79 Å². The summed E-state index contributed by atoms with van der Waals surface area (Å²) in [6, 6.07) is 18.4. The Kier molecular flexibility index (Phi) is 13.9. The number of hydrogen-bond donors (Lipinski definition) is 1. The molecule has 234 valence electrons. The molecule has 5 rings (SSSR count). The number of aromatic amines is 1. The molecule has 0 spiro atoms. The maximum Gasteiger partial charge on any atom is 0.329 e. The number of hydrogen-bond acceptors (Lipinski definition) is 12. The lowest BCUT2D eigenvalue weighted by Gasteiger charge is -2.05. The molecule has 45 heavy (non-hydrogen) atoms. The summed E-state index contributed by atoms with van der Waals surface area (Å²) < 4.78 is 22.9. The van der Waals surface area contributed by atoms with Gasteiger partial charge in [0.25, 0.3) is 0 Å². The first-order valence-corrected chi connectivity index (χ1v) is 15.2. The molecule has 0 bridgehead atoms. The summed E-state index contributed by atoms with van der Waals surface area (Å²) in [4.78, 5) is 12.5. The van der Waals surface area contributed by atoms with Crippen LogP contribution in [0.15, 0.2) is 68.0 Å². The Labute approximate surface area is 283 Å². The van der Waals surface area contributed by atoms with Crippen molar-refractivity contribution in [1.29, 1.82) is 5.26 Å². The molecule has 2 heterocycles. The Morgan fingerprint density at radius 2 is 1.40 bits per heavy atom. The Morgan fingerprint density at radius 1 is 0.844 bits per heavy atom. The number of rotatable bonds is 8. The minimum atomic E-state index is -0.405. The zero-order valence-corrected chi connectivity index (χ0v) is 29.1. The zero-order valence-electron chi connectivity index (χ0n) is 24.4. The largest absolute Gasteiger partial charge is 0.496 e. The molecular weight excluding hydrogens is 782 g/mol. The van der Waals surface area contributed by atoms with E-state index < -0.39 is 5.97 Å². The minimum absolute atomic E-state index is 0.0723. The highest BCUT2D eigenvalue weighted by atomic mass is 79.9. The summed E-state index contributed by atoms with van der Waals surface area (Å²) in [6.07, 6.45) is 0. The van der Waals surface area contributed by atoms with Crippen LogP contribution in [-0.2, 0) is 16.1 Å². The van der Waals surface area contributed by atoms with Gasteiger partial charge in [0, 0.05) is 13.4 Å². The number of ether oxygens (including phenoxy) is 4. The van der Waals surface area contributed by atoms with Gasteiger partial charge in [0.05, 0.1) is 44.6 Å². The van der Waals surface area contributed by atoms with Crippen LogP contribution in [0.4, 0.5) is 0 Å². The fraction of sp³-hybridized carbons (Fsp3) is 0.214. The molecular formula is C28H26Br3N9O5. The van der Waals surface area contributed by atoms with Gasteiger partial charge in [-0.1, -0.05) is 47.8 Å². The second-order valence-electron chi connectivity index (χ2n) is 8.33. The molecule has 0 aliphatic heterocycles. The molecule has 2 aromatic heterocycles. The molecule has 0 amide bonds. The van der Waals surface area contributed by atoms with Crippen LogP contribution in [0.25, 0.3) is 22.8 Å². The van der Waals surface area contributed by atoms with Crippen molar-refractivity contribution in [3.8, 4) is 46.1 Å². The third-order valence-electron chi connectivity index (χ3n) is 5.46. The SMILES string of the molecule is CCOC(=O)Cn1nnc(-c2cc(Br)ccc2OC)n1.COc1ccc(Br)cc1-c1nn[nH]n1.COc1ccc(Br)cc1C#N. The molecule has 0 atom stereocenters. The number of carbonyl (C=O) groups excluding carboxylic acids is 1. The molecule has 1 N–H and O–H groups in total. The Hall–Kier alpha value is -4.40. The summed E-state index contributed by atoms with van der Waals surface area (Å²) in [5.74, 6) is 2.45. The first-order chi connectivity index (χ1) is 21.7. The van der Waals surface area contributed by atoms with E-state index in [1.54, 1.807) is 46.5 Å². The number of tetrazole rings is 2. The third-order valence-corrected chi connectivity index (χ3v) is 6.94. The second kappa shape index (κ2) is 17.8. The van der Waals surface area contributed by atoms with E-state index in [1.807, 2.05) is 42.5 Å². The van der Waals surface area contributed by atoms with E-state index in [0.29, 0.717) is 40.9 Å². The lowest BCUT2D eigenvalue weighted by molar-refractivity contribution is -0.144. The number of aromatic nitrogens is 8. The first kappa shape index (κ1) is 35.1.